The van der Waals surface area contributed by atoms with E-state index in [2.05, 4.69) is 5.32 Å². The molecular weight excluding hydrogens is 319 g/mol. The van der Waals surface area contributed by atoms with Crippen LogP contribution in [0.25, 0.3) is 0 Å². The van der Waals surface area contributed by atoms with E-state index in [0.717, 1.165) is 12.1 Å². The second-order valence-corrected chi connectivity index (χ2v) is 7.26. The van der Waals surface area contributed by atoms with Crippen molar-refractivity contribution in [3.05, 3.63) is 46.7 Å². The van der Waals surface area contributed by atoms with Crippen LogP contribution in [-0.4, -0.2) is 11.7 Å². The largest absolute Gasteiger partial charge is 0.416 e. The van der Waals surface area contributed by atoms with Crippen molar-refractivity contribution in [2.75, 3.05) is 0 Å². The van der Waals surface area contributed by atoms with Crippen molar-refractivity contribution in [1.29, 1.82) is 0 Å². The van der Waals surface area contributed by atoms with Crippen LogP contribution in [0.1, 0.15) is 50.2 Å². The molecule has 1 aliphatic carbocycles. The van der Waals surface area contributed by atoms with Crippen LogP contribution in [0.5, 0.6) is 0 Å². The van der Waals surface area contributed by atoms with Crippen molar-refractivity contribution in [3.63, 3.8) is 0 Å². The Hall–Kier alpha value is -2.11. The summed E-state index contributed by atoms with van der Waals surface area (Å²) in [5, 5.41) is 2.75. The molecule has 0 spiro atoms. The molecule has 1 aliphatic heterocycles. The molecule has 1 aromatic rings. The van der Waals surface area contributed by atoms with Crippen LogP contribution >= 0.6 is 0 Å². The molecule has 1 heterocycles. The zero-order valence-corrected chi connectivity index (χ0v) is 13.5. The summed E-state index contributed by atoms with van der Waals surface area (Å²) in [6, 6.07) is 4.91. The van der Waals surface area contributed by atoms with Gasteiger partial charge in [-0.15, -0.1) is 0 Å². The van der Waals surface area contributed by atoms with Crippen molar-refractivity contribution in [2.45, 2.75) is 45.2 Å². The third-order valence-corrected chi connectivity index (χ3v) is 4.56. The van der Waals surface area contributed by atoms with Gasteiger partial charge in [-0.05, 0) is 23.5 Å². The van der Waals surface area contributed by atoms with Crippen molar-refractivity contribution >= 4 is 11.7 Å². The summed E-state index contributed by atoms with van der Waals surface area (Å²) < 4.78 is 38.9. The molecule has 0 aromatic heterocycles. The average Bonchev–Trinajstić information content (AvgIpc) is 2.43. The lowest BCUT2D eigenvalue weighted by atomic mass is 9.70. The number of carbonyl (C=O) groups excluding carboxylic acids is 2. The molecule has 1 aromatic carbocycles. The SMILES string of the molecule is CC1(C)CC(=O)C2=C(C1)NC(=O)C[C@@H]2c1cccc(C(F)(F)F)c1. The molecule has 0 unspecified atom stereocenters. The number of Topliss-reactive ketones (excluding diaryl/α,β-unsaturated/α-hetero) is 1. The third-order valence-electron chi connectivity index (χ3n) is 4.56. The van der Waals surface area contributed by atoms with E-state index < -0.39 is 17.7 Å². The fourth-order valence-corrected chi connectivity index (χ4v) is 3.57. The normalized spacial score (nSPS) is 23.8. The molecule has 0 saturated carbocycles. The number of carbonyl (C=O) groups is 2. The fourth-order valence-electron chi connectivity index (χ4n) is 3.57. The van der Waals surface area contributed by atoms with E-state index in [1.807, 2.05) is 13.8 Å². The van der Waals surface area contributed by atoms with Crippen LogP contribution in [0, 0.1) is 5.41 Å². The van der Waals surface area contributed by atoms with Gasteiger partial charge in [-0.2, -0.15) is 13.2 Å². The van der Waals surface area contributed by atoms with E-state index in [-0.39, 0.29) is 23.5 Å². The Bertz CT molecular complexity index is 747. The van der Waals surface area contributed by atoms with Crippen molar-refractivity contribution < 1.29 is 22.8 Å². The highest BCUT2D eigenvalue weighted by molar-refractivity contribution is 6.02. The Balaban J connectivity index is 2.07. The minimum absolute atomic E-state index is 0.00763. The highest BCUT2D eigenvalue weighted by Gasteiger charge is 2.41. The average molecular weight is 337 g/mol. The molecule has 24 heavy (non-hydrogen) atoms. The van der Waals surface area contributed by atoms with Crippen LogP contribution in [0.15, 0.2) is 35.5 Å². The first-order chi connectivity index (χ1) is 11.1. The molecule has 0 saturated heterocycles. The van der Waals surface area contributed by atoms with E-state index in [1.165, 1.54) is 6.07 Å². The molecular formula is C18H18F3NO2. The Morgan fingerprint density at radius 3 is 2.54 bits per heavy atom. The maximum Gasteiger partial charge on any atom is 0.416 e. The quantitative estimate of drug-likeness (QED) is 0.843. The standard InChI is InChI=1S/C18H18F3NO2/c1-17(2)8-13-16(14(23)9-17)12(7-15(24)22-13)10-4-3-5-11(6-10)18(19,20)21/h3-6,12H,7-9H2,1-2H3,(H,22,24)/t12-/m1/s1. The summed E-state index contributed by atoms with van der Waals surface area (Å²) in [4.78, 5) is 24.6. The minimum Gasteiger partial charge on any atom is -0.329 e. The van der Waals surface area contributed by atoms with Crippen molar-refractivity contribution in [1.82, 2.24) is 5.32 Å². The van der Waals surface area contributed by atoms with Gasteiger partial charge < -0.3 is 5.32 Å². The number of halogens is 3. The van der Waals surface area contributed by atoms with Crippen molar-refractivity contribution in [2.24, 2.45) is 5.41 Å². The van der Waals surface area contributed by atoms with Crippen LogP contribution < -0.4 is 5.32 Å². The molecule has 0 bridgehead atoms. The molecule has 1 atom stereocenters. The Kier molecular flexibility index (Phi) is 3.81. The van der Waals surface area contributed by atoms with Gasteiger partial charge in [0, 0.05) is 30.0 Å². The first-order valence-electron chi connectivity index (χ1n) is 7.80. The van der Waals surface area contributed by atoms with Gasteiger partial charge in [-0.25, -0.2) is 0 Å². The van der Waals surface area contributed by atoms with Crippen LogP contribution in [0.3, 0.4) is 0 Å². The Labute approximate surface area is 137 Å². The summed E-state index contributed by atoms with van der Waals surface area (Å²) in [6.07, 6.45) is -3.60. The van der Waals surface area contributed by atoms with Crippen LogP contribution in [-0.2, 0) is 15.8 Å². The predicted octanol–water partition coefficient (Wildman–Crippen LogP) is 3.95. The maximum absolute atomic E-state index is 13.0. The molecule has 1 amide bonds. The van der Waals surface area contributed by atoms with Crippen LogP contribution in [0.2, 0.25) is 0 Å². The molecule has 128 valence electrons. The van der Waals surface area contributed by atoms with E-state index in [0.29, 0.717) is 29.7 Å². The summed E-state index contributed by atoms with van der Waals surface area (Å²) in [5.41, 5.74) is 0.360. The molecule has 1 N–H and O–H groups in total. The van der Waals surface area contributed by atoms with Gasteiger partial charge in [-0.1, -0.05) is 32.0 Å². The number of nitrogens with one attached hydrogen (secondary N) is 1. The van der Waals surface area contributed by atoms with Gasteiger partial charge in [0.25, 0.3) is 0 Å². The molecule has 0 radical (unpaired) electrons. The summed E-state index contributed by atoms with van der Waals surface area (Å²) in [7, 11) is 0. The van der Waals surface area contributed by atoms with Crippen LogP contribution in [0.4, 0.5) is 13.2 Å². The topological polar surface area (TPSA) is 46.2 Å². The summed E-state index contributed by atoms with van der Waals surface area (Å²) >= 11 is 0. The van der Waals surface area contributed by atoms with Crippen molar-refractivity contribution in [3.8, 4) is 0 Å². The first kappa shape index (κ1) is 16.7. The number of amides is 1. The van der Waals surface area contributed by atoms with Gasteiger partial charge in [-0.3, -0.25) is 9.59 Å². The molecule has 3 rings (SSSR count). The Morgan fingerprint density at radius 1 is 1.17 bits per heavy atom. The number of alkyl halides is 3. The smallest absolute Gasteiger partial charge is 0.329 e. The number of ketones is 1. The second-order valence-electron chi connectivity index (χ2n) is 7.26. The summed E-state index contributed by atoms with van der Waals surface area (Å²) in [6.45, 7) is 3.88. The molecule has 3 nitrogen and oxygen atoms in total. The Morgan fingerprint density at radius 2 is 1.88 bits per heavy atom. The number of benzene rings is 1. The highest BCUT2D eigenvalue weighted by atomic mass is 19.4. The monoisotopic (exact) mass is 337 g/mol. The maximum atomic E-state index is 13.0. The lowest BCUT2D eigenvalue weighted by molar-refractivity contribution is -0.137. The number of allylic oxidation sites excluding steroid dienone is 2. The van der Waals surface area contributed by atoms with E-state index in [1.54, 1.807) is 6.07 Å². The van der Waals surface area contributed by atoms with Gasteiger partial charge >= 0.3 is 6.18 Å². The number of hydrogen-bond donors (Lipinski definition) is 1. The number of rotatable bonds is 1. The van der Waals surface area contributed by atoms with E-state index in [9.17, 15) is 22.8 Å². The zero-order chi connectivity index (χ0) is 17.7. The predicted molar refractivity (Wildman–Crippen MR) is 82.0 cm³/mol. The first-order valence-corrected chi connectivity index (χ1v) is 7.80. The molecule has 0 fully saturated rings. The lowest BCUT2D eigenvalue weighted by Gasteiger charge is -2.37. The number of hydrogen-bond acceptors (Lipinski definition) is 2. The highest BCUT2D eigenvalue weighted by Crippen LogP contribution is 2.44. The third kappa shape index (κ3) is 3.09. The molecule has 6 heteroatoms. The lowest BCUT2D eigenvalue weighted by Crippen LogP contribution is -2.40. The van der Waals surface area contributed by atoms with E-state index >= 15 is 0 Å². The summed E-state index contributed by atoms with van der Waals surface area (Å²) in [5.74, 6) is -0.968. The molecule has 2 aliphatic rings. The minimum atomic E-state index is -4.46. The van der Waals surface area contributed by atoms with Gasteiger partial charge in [0.15, 0.2) is 5.78 Å². The van der Waals surface area contributed by atoms with Gasteiger partial charge in [0.05, 0.1) is 5.56 Å². The fraction of sp³-hybridized carbons (Fsp3) is 0.444. The van der Waals surface area contributed by atoms with E-state index in [4.69, 9.17) is 0 Å². The van der Waals surface area contributed by atoms with Gasteiger partial charge in [0.2, 0.25) is 5.91 Å². The zero-order valence-electron chi connectivity index (χ0n) is 13.5. The van der Waals surface area contributed by atoms with Gasteiger partial charge in [0.1, 0.15) is 0 Å². The second kappa shape index (κ2) is 5.46.